The van der Waals surface area contributed by atoms with Gasteiger partial charge in [-0.1, -0.05) is 24.3 Å². The molecule has 0 aliphatic carbocycles. The van der Waals surface area contributed by atoms with Crippen LogP contribution in [0.3, 0.4) is 0 Å². The van der Waals surface area contributed by atoms with Gasteiger partial charge >= 0.3 is 0 Å². The van der Waals surface area contributed by atoms with Gasteiger partial charge in [-0.2, -0.15) is 0 Å². The molecule has 1 aromatic rings. The average molecular weight is 124 g/mol. The van der Waals surface area contributed by atoms with Gasteiger partial charge in [0.25, 0.3) is 0 Å². The molecule has 1 heteroatoms. The van der Waals surface area contributed by atoms with Gasteiger partial charge in [-0.05, 0) is 18.1 Å². The summed E-state index contributed by atoms with van der Waals surface area (Å²) in [4.78, 5) is 0. The predicted octanol–water partition coefficient (Wildman–Crippen LogP) is 2.46. The highest BCUT2D eigenvalue weighted by Gasteiger charge is 1.91. The van der Waals surface area contributed by atoms with E-state index in [4.69, 9.17) is 0 Å². The zero-order valence-corrected chi connectivity index (χ0v) is 5.39. The van der Waals surface area contributed by atoms with E-state index in [9.17, 15) is 4.39 Å². The summed E-state index contributed by atoms with van der Waals surface area (Å²) in [6.45, 7) is 1.56. The second kappa shape index (κ2) is 2.62. The summed E-state index contributed by atoms with van der Waals surface area (Å²) in [6.07, 6.45) is 0. The van der Waals surface area contributed by atoms with Crippen LogP contribution >= 0.6 is 0 Å². The molecule has 1 aromatic carbocycles. The molecule has 0 radical (unpaired) electrons. The van der Waals surface area contributed by atoms with Crippen molar-refractivity contribution in [2.45, 2.75) is 13.6 Å². The molecule has 0 heterocycles. The highest BCUT2D eigenvalue weighted by molar-refractivity contribution is 5.24. The second-order valence-corrected chi connectivity index (χ2v) is 2.06. The molecule has 0 spiro atoms. The fourth-order valence-corrected chi connectivity index (χ4v) is 0.760. The van der Waals surface area contributed by atoms with Crippen LogP contribution in [0.4, 0.5) is 4.39 Å². The lowest BCUT2D eigenvalue weighted by molar-refractivity contribution is 0.483. The molecular weight excluding hydrogens is 115 g/mol. The number of benzene rings is 1. The summed E-state index contributed by atoms with van der Waals surface area (Å²) in [5.41, 5.74) is 1.82. The van der Waals surface area contributed by atoms with Crippen molar-refractivity contribution in [2.75, 3.05) is 0 Å². The van der Waals surface area contributed by atoms with Crippen molar-refractivity contribution in [3.8, 4) is 0 Å². The Morgan fingerprint density at radius 2 is 2.00 bits per heavy atom. The van der Waals surface area contributed by atoms with Crippen LogP contribution in [0.25, 0.3) is 0 Å². The average Bonchev–Trinajstić information content (AvgIpc) is 1.89. The van der Waals surface area contributed by atoms with E-state index < -0.39 is 0 Å². The number of alkyl halides is 1. The molecule has 0 atom stereocenters. The number of rotatable bonds is 1. The number of halogens is 1. The van der Waals surface area contributed by atoms with E-state index in [0.29, 0.717) is 0 Å². The first-order chi connectivity index (χ1) is 4.34. The van der Waals surface area contributed by atoms with Crippen LogP contribution in [0.1, 0.15) is 11.1 Å². The zero-order chi connectivity index (χ0) is 6.69. The Kier molecular flexibility index (Phi) is 1.83. The van der Waals surface area contributed by atoms with Crippen molar-refractivity contribution in [1.29, 1.82) is 0 Å². The molecule has 0 nitrogen and oxygen atoms in total. The summed E-state index contributed by atoms with van der Waals surface area (Å²) in [5, 5.41) is 0. The Bertz CT molecular complexity index is 194. The third-order valence-corrected chi connectivity index (χ3v) is 1.41. The highest BCUT2D eigenvalue weighted by atomic mass is 19.1. The number of hydrogen-bond acceptors (Lipinski definition) is 0. The van der Waals surface area contributed by atoms with Crippen molar-refractivity contribution in [2.24, 2.45) is 0 Å². The van der Waals surface area contributed by atoms with Crippen LogP contribution in [-0.2, 0) is 6.67 Å². The summed E-state index contributed by atoms with van der Waals surface area (Å²) in [5.74, 6) is 0. The minimum Gasteiger partial charge on any atom is -0.246 e. The molecule has 0 N–H and O–H groups in total. The van der Waals surface area contributed by atoms with Crippen LogP contribution < -0.4 is 0 Å². The quantitative estimate of drug-likeness (QED) is 0.539. The normalized spacial score (nSPS) is 9.56. The zero-order valence-electron chi connectivity index (χ0n) is 5.39. The Morgan fingerprint density at radius 3 is 2.44 bits per heavy atom. The number of aryl methyl sites for hydroxylation is 1. The Balaban J connectivity index is 3.01. The summed E-state index contributed by atoms with van der Waals surface area (Å²) in [6, 6.07) is 7.47. The van der Waals surface area contributed by atoms with Crippen LogP contribution in [0, 0.1) is 6.92 Å². The van der Waals surface area contributed by atoms with Crippen molar-refractivity contribution in [1.82, 2.24) is 0 Å². The van der Waals surface area contributed by atoms with Gasteiger partial charge in [-0.3, -0.25) is 0 Å². The molecule has 9 heavy (non-hydrogen) atoms. The van der Waals surface area contributed by atoms with Gasteiger partial charge in [0.05, 0.1) is 0 Å². The third kappa shape index (κ3) is 1.28. The SMILES string of the molecule is Cc1ccccc1CF. The van der Waals surface area contributed by atoms with Crippen LogP contribution in [0.2, 0.25) is 0 Å². The van der Waals surface area contributed by atoms with E-state index in [2.05, 4.69) is 0 Å². The van der Waals surface area contributed by atoms with Crippen molar-refractivity contribution < 1.29 is 4.39 Å². The fraction of sp³-hybridized carbons (Fsp3) is 0.250. The van der Waals surface area contributed by atoms with Crippen molar-refractivity contribution in [3.63, 3.8) is 0 Å². The lowest BCUT2D eigenvalue weighted by Crippen LogP contribution is -1.81. The fourth-order valence-electron chi connectivity index (χ4n) is 0.760. The molecule has 0 saturated heterocycles. The molecule has 0 fully saturated rings. The molecule has 0 bridgehead atoms. The Hall–Kier alpha value is -0.850. The van der Waals surface area contributed by atoms with Crippen molar-refractivity contribution >= 4 is 0 Å². The minimum atomic E-state index is -0.354. The van der Waals surface area contributed by atoms with Crippen LogP contribution in [0.15, 0.2) is 24.3 Å². The summed E-state index contributed by atoms with van der Waals surface area (Å²) in [7, 11) is 0. The van der Waals surface area contributed by atoms with Crippen LogP contribution in [0.5, 0.6) is 0 Å². The van der Waals surface area contributed by atoms with Crippen LogP contribution in [-0.4, -0.2) is 0 Å². The molecule has 0 saturated carbocycles. The van der Waals surface area contributed by atoms with Gasteiger partial charge in [0, 0.05) is 0 Å². The Morgan fingerprint density at radius 1 is 1.33 bits per heavy atom. The summed E-state index contributed by atoms with van der Waals surface area (Å²) < 4.78 is 12.0. The second-order valence-electron chi connectivity index (χ2n) is 2.06. The molecule has 48 valence electrons. The first kappa shape index (κ1) is 6.27. The highest BCUT2D eigenvalue weighted by Crippen LogP contribution is 2.06. The Labute approximate surface area is 54.3 Å². The van der Waals surface area contributed by atoms with E-state index >= 15 is 0 Å². The maximum atomic E-state index is 12.0. The predicted molar refractivity (Wildman–Crippen MR) is 36.0 cm³/mol. The molecule has 1 rings (SSSR count). The van der Waals surface area contributed by atoms with Gasteiger partial charge in [0.2, 0.25) is 0 Å². The molecule has 0 amide bonds. The monoisotopic (exact) mass is 124 g/mol. The van der Waals surface area contributed by atoms with Gasteiger partial charge in [0.1, 0.15) is 6.67 Å². The van der Waals surface area contributed by atoms with Gasteiger partial charge in [0.15, 0.2) is 0 Å². The van der Waals surface area contributed by atoms with E-state index in [1.54, 1.807) is 6.07 Å². The molecule has 0 aliphatic rings. The van der Waals surface area contributed by atoms with Gasteiger partial charge in [-0.15, -0.1) is 0 Å². The topological polar surface area (TPSA) is 0 Å². The molecular formula is C8H9F. The lowest BCUT2D eigenvalue weighted by atomic mass is 10.1. The molecule has 0 aliphatic heterocycles. The maximum absolute atomic E-state index is 12.0. The smallest absolute Gasteiger partial charge is 0.115 e. The van der Waals surface area contributed by atoms with Gasteiger partial charge < -0.3 is 0 Å². The third-order valence-electron chi connectivity index (χ3n) is 1.41. The molecule has 0 aromatic heterocycles. The molecule has 0 unspecified atom stereocenters. The van der Waals surface area contributed by atoms with E-state index in [-0.39, 0.29) is 6.67 Å². The summed E-state index contributed by atoms with van der Waals surface area (Å²) >= 11 is 0. The lowest BCUT2D eigenvalue weighted by Gasteiger charge is -1.96. The first-order valence-corrected chi connectivity index (χ1v) is 2.95. The number of hydrogen-bond donors (Lipinski definition) is 0. The largest absolute Gasteiger partial charge is 0.246 e. The van der Waals surface area contributed by atoms with E-state index in [0.717, 1.165) is 11.1 Å². The first-order valence-electron chi connectivity index (χ1n) is 2.95. The standard InChI is InChI=1S/C8H9F/c1-7-4-2-3-5-8(7)6-9/h2-5H,6H2,1H3. The van der Waals surface area contributed by atoms with Crippen molar-refractivity contribution in [3.05, 3.63) is 35.4 Å². The van der Waals surface area contributed by atoms with E-state index in [1.807, 2.05) is 25.1 Å². The van der Waals surface area contributed by atoms with E-state index in [1.165, 1.54) is 0 Å². The van der Waals surface area contributed by atoms with Gasteiger partial charge in [-0.25, -0.2) is 4.39 Å². The minimum absolute atomic E-state index is 0.354. The maximum Gasteiger partial charge on any atom is 0.115 e.